The third kappa shape index (κ3) is 4.62. The highest BCUT2D eigenvalue weighted by atomic mass is 16.5. The van der Waals surface area contributed by atoms with E-state index in [1.807, 2.05) is 27.7 Å². The first-order chi connectivity index (χ1) is 11.0. The van der Waals surface area contributed by atoms with Gasteiger partial charge in [0.25, 0.3) is 0 Å². The van der Waals surface area contributed by atoms with Crippen molar-refractivity contribution >= 4 is 11.9 Å². The highest BCUT2D eigenvalue weighted by Crippen LogP contribution is 2.51. The van der Waals surface area contributed by atoms with E-state index in [1.54, 1.807) is 7.11 Å². The van der Waals surface area contributed by atoms with Gasteiger partial charge in [-0.25, -0.2) is 0 Å². The van der Waals surface area contributed by atoms with Crippen LogP contribution in [0.2, 0.25) is 0 Å². The van der Waals surface area contributed by atoms with Gasteiger partial charge in [-0.3, -0.25) is 9.79 Å². The van der Waals surface area contributed by atoms with E-state index in [2.05, 4.69) is 41.7 Å². The molecule has 0 spiro atoms. The van der Waals surface area contributed by atoms with Crippen molar-refractivity contribution in [2.24, 2.45) is 15.8 Å². The molecule has 1 aliphatic carbocycles. The molecule has 0 heterocycles. The SMILES string of the molecule is CCNC(=NCCNC(=O)C(C)(C)C)NC1CC(C)(OC)C1(C)C. The number of nitrogens with zero attached hydrogens (tertiary/aromatic N) is 1. The Balaban J connectivity index is 2.55. The Morgan fingerprint density at radius 1 is 1.25 bits per heavy atom. The summed E-state index contributed by atoms with van der Waals surface area (Å²) in [6.07, 6.45) is 0.946. The van der Waals surface area contributed by atoms with Gasteiger partial charge in [-0.05, 0) is 20.3 Å². The van der Waals surface area contributed by atoms with Crippen LogP contribution in [0.15, 0.2) is 4.99 Å². The van der Waals surface area contributed by atoms with Crippen LogP contribution in [0, 0.1) is 10.8 Å². The minimum Gasteiger partial charge on any atom is -0.378 e. The first-order valence-corrected chi connectivity index (χ1v) is 8.86. The summed E-state index contributed by atoms with van der Waals surface area (Å²) < 4.78 is 5.67. The van der Waals surface area contributed by atoms with Crippen LogP contribution >= 0.6 is 0 Å². The molecule has 0 radical (unpaired) electrons. The summed E-state index contributed by atoms with van der Waals surface area (Å²) in [6, 6.07) is 0.310. The lowest BCUT2D eigenvalue weighted by Gasteiger charge is -2.59. The molecule has 6 heteroatoms. The lowest BCUT2D eigenvalue weighted by molar-refractivity contribution is -0.176. The number of guanidine groups is 1. The molecule has 24 heavy (non-hydrogen) atoms. The van der Waals surface area contributed by atoms with Gasteiger partial charge in [-0.2, -0.15) is 0 Å². The van der Waals surface area contributed by atoms with Gasteiger partial charge in [0.15, 0.2) is 5.96 Å². The Bertz CT molecular complexity index is 468. The van der Waals surface area contributed by atoms with Gasteiger partial charge in [0, 0.05) is 37.1 Å². The number of aliphatic imine (C=N–C) groups is 1. The molecule has 1 amide bonds. The van der Waals surface area contributed by atoms with Crippen molar-refractivity contribution in [3.63, 3.8) is 0 Å². The normalized spacial score (nSPS) is 26.5. The second kappa shape index (κ2) is 7.72. The predicted molar refractivity (Wildman–Crippen MR) is 99.2 cm³/mol. The number of carbonyl (C=O) groups excluding carboxylic acids is 1. The van der Waals surface area contributed by atoms with Gasteiger partial charge in [0.2, 0.25) is 5.91 Å². The quantitative estimate of drug-likeness (QED) is 0.392. The van der Waals surface area contributed by atoms with Crippen LogP contribution in [0.1, 0.15) is 54.9 Å². The molecule has 1 rings (SSSR count). The molecule has 1 saturated carbocycles. The van der Waals surface area contributed by atoms with Gasteiger partial charge in [-0.15, -0.1) is 0 Å². The lowest BCUT2D eigenvalue weighted by atomic mass is 9.56. The average Bonchev–Trinajstić information content (AvgIpc) is 2.49. The third-order valence-corrected chi connectivity index (χ3v) is 5.28. The predicted octanol–water partition coefficient (Wildman–Crippen LogP) is 1.91. The smallest absolute Gasteiger partial charge is 0.225 e. The Hall–Kier alpha value is -1.30. The zero-order chi connectivity index (χ0) is 18.6. The van der Waals surface area contributed by atoms with Crippen LogP contribution in [0.3, 0.4) is 0 Å². The third-order valence-electron chi connectivity index (χ3n) is 5.28. The molecular weight excluding hydrogens is 304 g/mol. The summed E-state index contributed by atoms with van der Waals surface area (Å²) in [5.41, 5.74) is -0.450. The van der Waals surface area contributed by atoms with Gasteiger partial charge in [-0.1, -0.05) is 34.6 Å². The average molecular weight is 341 g/mol. The summed E-state index contributed by atoms with van der Waals surface area (Å²) in [5, 5.41) is 9.69. The molecule has 1 fully saturated rings. The molecule has 140 valence electrons. The van der Waals surface area contributed by atoms with Gasteiger partial charge < -0.3 is 20.7 Å². The number of ether oxygens (including phenoxy) is 1. The molecular formula is C18H36N4O2. The molecule has 0 aromatic heterocycles. The number of rotatable bonds is 6. The Kier molecular flexibility index (Phi) is 6.67. The number of nitrogens with one attached hydrogen (secondary N) is 3. The Labute approximate surface area is 147 Å². The second-order valence-electron chi connectivity index (χ2n) is 8.32. The molecule has 0 aromatic carbocycles. The summed E-state index contributed by atoms with van der Waals surface area (Å²) in [5.74, 6) is 0.838. The maximum Gasteiger partial charge on any atom is 0.225 e. The number of hydrogen-bond acceptors (Lipinski definition) is 3. The van der Waals surface area contributed by atoms with Crippen LogP contribution in [0.4, 0.5) is 0 Å². The second-order valence-corrected chi connectivity index (χ2v) is 8.32. The van der Waals surface area contributed by atoms with E-state index in [4.69, 9.17) is 4.74 Å². The van der Waals surface area contributed by atoms with Crippen LogP contribution in [-0.4, -0.2) is 50.3 Å². The molecule has 1 aliphatic rings. The van der Waals surface area contributed by atoms with Crippen LogP contribution in [0.25, 0.3) is 0 Å². The lowest BCUT2D eigenvalue weighted by Crippen LogP contribution is -2.69. The summed E-state index contributed by atoms with van der Waals surface area (Å²) in [6.45, 7) is 16.2. The summed E-state index contributed by atoms with van der Waals surface area (Å²) in [4.78, 5) is 16.4. The molecule has 0 bridgehead atoms. The molecule has 6 nitrogen and oxygen atoms in total. The maximum absolute atomic E-state index is 11.9. The summed E-state index contributed by atoms with van der Waals surface area (Å²) in [7, 11) is 1.77. The van der Waals surface area contributed by atoms with Gasteiger partial charge in [0.1, 0.15) is 0 Å². The largest absolute Gasteiger partial charge is 0.378 e. The van der Waals surface area contributed by atoms with Gasteiger partial charge >= 0.3 is 0 Å². The van der Waals surface area contributed by atoms with Crippen molar-refractivity contribution in [3.05, 3.63) is 0 Å². The topological polar surface area (TPSA) is 74.8 Å². The highest BCUT2D eigenvalue weighted by Gasteiger charge is 2.58. The van der Waals surface area contributed by atoms with Crippen LogP contribution in [0.5, 0.6) is 0 Å². The molecule has 2 atom stereocenters. The first-order valence-electron chi connectivity index (χ1n) is 8.86. The Morgan fingerprint density at radius 3 is 2.33 bits per heavy atom. The van der Waals surface area contributed by atoms with E-state index < -0.39 is 0 Å². The van der Waals surface area contributed by atoms with E-state index in [9.17, 15) is 4.79 Å². The zero-order valence-electron chi connectivity index (χ0n) is 16.7. The van der Waals surface area contributed by atoms with Crippen molar-refractivity contribution in [2.75, 3.05) is 26.7 Å². The van der Waals surface area contributed by atoms with E-state index >= 15 is 0 Å². The van der Waals surface area contributed by atoms with Crippen molar-refractivity contribution in [2.45, 2.75) is 66.5 Å². The Morgan fingerprint density at radius 2 is 1.88 bits per heavy atom. The molecule has 0 aliphatic heterocycles. The number of carbonyl (C=O) groups is 1. The van der Waals surface area contributed by atoms with E-state index in [1.165, 1.54) is 0 Å². The number of amides is 1. The van der Waals surface area contributed by atoms with Crippen molar-refractivity contribution in [1.29, 1.82) is 0 Å². The standard InChI is InChI=1S/C18H36N4O2/c1-9-19-15(21-11-10-20-14(23)16(2,3)4)22-13-12-18(7,24-8)17(13,5)6/h13H,9-12H2,1-8H3,(H,20,23)(H2,19,21,22). The maximum atomic E-state index is 11.9. The minimum absolute atomic E-state index is 0.0262. The molecule has 0 saturated heterocycles. The van der Waals surface area contributed by atoms with E-state index in [-0.39, 0.29) is 22.3 Å². The fourth-order valence-electron chi connectivity index (χ4n) is 2.81. The van der Waals surface area contributed by atoms with Crippen molar-refractivity contribution in [1.82, 2.24) is 16.0 Å². The van der Waals surface area contributed by atoms with Gasteiger partial charge in [0.05, 0.1) is 12.1 Å². The fraction of sp³-hybridized carbons (Fsp3) is 0.889. The van der Waals surface area contributed by atoms with E-state index in [0.29, 0.717) is 19.1 Å². The highest BCUT2D eigenvalue weighted by molar-refractivity contribution is 5.82. The molecule has 2 unspecified atom stereocenters. The zero-order valence-corrected chi connectivity index (χ0v) is 16.7. The van der Waals surface area contributed by atoms with E-state index in [0.717, 1.165) is 18.9 Å². The van der Waals surface area contributed by atoms with Crippen molar-refractivity contribution in [3.8, 4) is 0 Å². The van der Waals surface area contributed by atoms with Crippen molar-refractivity contribution < 1.29 is 9.53 Å². The first kappa shape index (κ1) is 20.7. The molecule has 0 aromatic rings. The minimum atomic E-state index is -0.368. The number of methoxy groups -OCH3 is 1. The monoisotopic (exact) mass is 340 g/mol. The molecule has 3 N–H and O–H groups in total. The van der Waals surface area contributed by atoms with Crippen LogP contribution in [-0.2, 0) is 9.53 Å². The fourth-order valence-corrected chi connectivity index (χ4v) is 2.81. The summed E-state index contributed by atoms with van der Waals surface area (Å²) >= 11 is 0. The van der Waals surface area contributed by atoms with Crippen LogP contribution < -0.4 is 16.0 Å². The number of hydrogen-bond donors (Lipinski definition) is 3.